The number of rotatable bonds is 9. The second-order valence-electron chi connectivity index (χ2n) is 10.3. The Kier molecular flexibility index (Phi) is 8.16. The van der Waals surface area contributed by atoms with Gasteiger partial charge in [0.25, 0.3) is 5.91 Å². The SMILES string of the molecule is N#CC(O)[C@H](C[C@@H]1CCNC1=O)NC(=O)[C@@H]1CC(c2ccccc2)CN1C(=O)c1cc2c(OC(F)F)cccc2[nH]1. The summed E-state index contributed by atoms with van der Waals surface area (Å²) >= 11 is 0. The van der Waals surface area contributed by atoms with Crippen LogP contribution in [0.15, 0.2) is 54.6 Å². The number of nitrogens with zero attached hydrogens (tertiary/aromatic N) is 2. The minimum absolute atomic E-state index is 0.0734. The Labute approximate surface area is 234 Å². The summed E-state index contributed by atoms with van der Waals surface area (Å²) in [5.74, 6) is -2.02. The lowest BCUT2D eigenvalue weighted by atomic mass is 9.94. The predicted octanol–water partition coefficient (Wildman–Crippen LogP) is 2.66. The van der Waals surface area contributed by atoms with Crippen molar-refractivity contribution in [1.82, 2.24) is 20.5 Å². The van der Waals surface area contributed by atoms with Crippen molar-refractivity contribution in [2.75, 3.05) is 13.1 Å². The fourth-order valence-electron chi connectivity index (χ4n) is 5.68. The molecular weight excluding hydrogens is 536 g/mol. The summed E-state index contributed by atoms with van der Waals surface area (Å²) in [5, 5.41) is 25.4. The quantitative estimate of drug-likeness (QED) is 0.293. The van der Waals surface area contributed by atoms with E-state index in [0.29, 0.717) is 23.9 Å². The molecule has 0 bridgehead atoms. The van der Waals surface area contributed by atoms with Gasteiger partial charge in [0.2, 0.25) is 11.8 Å². The number of ether oxygens (including phenoxy) is 1. The van der Waals surface area contributed by atoms with Crippen LogP contribution in [-0.4, -0.2) is 70.6 Å². The Morgan fingerprint density at radius 3 is 2.66 bits per heavy atom. The number of aliphatic hydroxyl groups excluding tert-OH is 1. The first-order valence-electron chi connectivity index (χ1n) is 13.3. The molecule has 2 aliphatic rings. The van der Waals surface area contributed by atoms with Gasteiger partial charge in [0, 0.05) is 35.8 Å². The maximum Gasteiger partial charge on any atom is 0.387 e. The van der Waals surface area contributed by atoms with Crippen molar-refractivity contribution in [3.8, 4) is 11.8 Å². The Morgan fingerprint density at radius 2 is 1.98 bits per heavy atom. The molecule has 4 N–H and O–H groups in total. The number of likely N-dealkylation sites (tertiary alicyclic amines) is 1. The topological polar surface area (TPSA) is 148 Å². The number of carbonyl (C=O) groups excluding carboxylic acids is 3. The zero-order valence-electron chi connectivity index (χ0n) is 21.9. The lowest BCUT2D eigenvalue weighted by Gasteiger charge is -2.27. The first kappa shape index (κ1) is 28.0. The van der Waals surface area contributed by atoms with Crippen LogP contribution in [0.1, 0.15) is 41.2 Å². The minimum Gasteiger partial charge on any atom is -0.434 e. The highest BCUT2D eigenvalue weighted by Crippen LogP contribution is 2.34. The summed E-state index contributed by atoms with van der Waals surface area (Å²) in [5.41, 5.74) is 1.44. The van der Waals surface area contributed by atoms with E-state index in [9.17, 15) is 33.5 Å². The van der Waals surface area contributed by atoms with E-state index in [1.807, 2.05) is 30.3 Å². The van der Waals surface area contributed by atoms with Crippen LogP contribution in [0.4, 0.5) is 8.78 Å². The van der Waals surface area contributed by atoms with Gasteiger partial charge < -0.3 is 30.4 Å². The summed E-state index contributed by atoms with van der Waals surface area (Å²) < 4.78 is 30.5. The number of H-pyrrole nitrogens is 1. The second kappa shape index (κ2) is 11.9. The second-order valence-corrected chi connectivity index (χ2v) is 10.3. The van der Waals surface area contributed by atoms with Crippen LogP contribution in [0.5, 0.6) is 5.75 Å². The summed E-state index contributed by atoms with van der Waals surface area (Å²) in [6.45, 7) is -2.36. The maximum atomic E-state index is 13.8. The summed E-state index contributed by atoms with van der Waals surface area (Å²) in [7, 11) is 0. The maximum absolute atomic E-state index is 13.8. The van der Waals surface area contributed by atoms with Gasteiger partial charge in [0.15, 0.2) is 6.10 Å². The molecule has 3 heterocycles. The van der Waals surface area contributed by atoms with Crippen molar-refractivity contribution < 1.29 is 33.0 Å². The number of nitriles is 1. The van der Waals surface area contributed by atoms with Crippen LogP contribution in [0, 0.1) is 17.2 Å². The molecule has 12 heteroatoms. The van der Waals surface area contributed by atoms with Gasteiger partial charge in [-0.2, -0.15) is 14.0 Å². The molecule has 2 saturated heterocycles. The van der Waals surface area contributed by atoms with Crippen LogP contribution in [0.2, 0.25) is 0 Å². The van der Waals surface area contributed by atoms with E-state index < -0.39 is 42.5 Å². The zero-order valence-corrected chi connectivity index (χ0v) is 21.9. The third-order valence-corrected chi connectivity index (χ3v) is 7.75. The fraction of sp³-hybridized carbons (Fsp3) is 0.379. The number of aliphatic hydroxyl groups is 1. The zero-order chi connectivity index (χ0) is 29.1. The van der Waals surface area contributed by atoms with Crippen molar-refractivity contribution in [2.24, 2.45) is 5.92 Å². The molecule has 10 nitrogen and oxygen atoms in total. The summed E-state index contributed by atoms with van der Waals surface area (Å²) in [6, 6.07) is 15.1. The first-order chi connectivity index (χ1) is 19.7. The van der Waals surface area contributed by atoms with Crippen molar-refractivity contribution in [3.05, 3.63) is 65.9 Å². The number of carbonyl (C=O) groups is 3. The van der Waals surface area contributed by atoms with Crippen molar-refractivity contribution in [1.29, 1.82) is 5.26 Å². The van der Waals surface area contributed by atoms with Gasteiger partial charge in [-0.05, 0) is 43.0 Å². The lowest BCUT2D eigenvalue weighted by Crippen LogP contribution is -2.52. The Morgan fingerprint density at radius 1 is 1.20 bits per heavy atom. The predicted molar refractivity (Wildman–Crippen MR) is 143 cm³/mol. The fourth-order valence-corrected chi connectivity index (χ4v) is 5.68. The Balaban J connectivity index is 1.42. The van der Waals surface area contributed by atoms with Gasteiger partial charge in [-0.25, -0.2) is 0 Å². The van der Waals surface area contributed by atoms with Gasteiger partial charge in [0.05, 0.1) is 12.1 Å². The molecule has 214 valence electrons. The van der Waals surface area contributed by atoms with Gasteiger partial charge in [-0.15, -0.1) is 0 Å². The molecular formula is C29H29F2N5O5. The number of nitrogens with one attached hydrogen (secondary N) is 3. The molecule has 5 rings (SSSR count). The van der Waals surface area contributed by atoms with Gasteiger partial charge in [0.1, 0.15) is 17.5 Å². The summed E-state index contributed by atoms with van der Waals surface area (Å²) in [4.78, 5) is 43.9. The van der Waals surface area contributed by atoms with E-state index in [1.54, 1.807) is 12.1 Å². The number of halogens is 2. The number of fused-ring (bicyclic) bond motifs is 1. The molecule has 2 aliphatic heterocycles. The summed E-state index contributed by atoms with van der Waals surface area (Å²) in [6.07, 6.45) is -0.680. The third kappa shape index (κ3) is 6.00. The van der Waals surface area contributed by atoms with Crippen LogP contribution in [-0.2, 0) is 9.59 Å². The van der Waals surface area contributed by atoms with Gasteiger partial charge >= 0.3 is 6.61 Å². The molecule has 2 unspecified atom stereocenters. The highest BCUT2D eigenvalue weighted by Gasteiger charge is 2.42. The minimum atomic E-state index is -3.04. The molecule has 3 amide bonds. The van der Waals surface area contributed by atoms with Gasteiger partial charge in [-0.1, -0.05) is 36.4 Å². The standard InChI is InChI=1S/C29H29F2N5O5/c30-29(31)41-25-8-4-7-20-19(25)13-22(34-20)28(40)36-15-18(16-5-2-1-3-6-16)12-23(36)27(39)35-21(24(37)14-32)11-17-9-10-33-26(17)38/h1-8,13,17-18,21,23-24,29,34,37H,9-12,15H2,(H,33,38)(H,35,39)/t17-,18?,21-,23-,24?/m0/s1. The van der Waals surface area contributed by atoms with Crippen molar-refractivity contribution >= 4 is 28.6 Å². The highest BCUT2D eigenvalue weighted by molar-refractivity contribution is 6.02. The Hall–Kier alpha value is -4.50. The van der Waals surface area contributed by atoms with Crippen LogP contribution < -0.4 is 15.4 Å². The average molecular weight is 566 g/mol. The van der Waals surface area contributed by atoms with E-state index in [4.69, 9.17) is 0 Å². The largest absolute Gasteiger partial charge is 0.434 e. The number of amides is 3. The third-order valence-electron chi connectivity index (χ3n) is 7.75. The molecule has 1 aromatic heterocycles. The van der Waals surface area contributed by atoms with E-state index in [1.165, 1.54) is 23.1 Å². The molecule has 41 heavy (non-hydrogen) atoms. The highest BCUT2D eigenvalue weighted by atomic mass is 19.3. The Bertz CT molecular complexity index is 1470. The smallest absolute Gasteiger partial charge is 0.387 e. The number of aromatic amines is 1. The van der Waals surface area contributed by atoms with E-state index >= 15 is 0 Å². The molecule has 0 aliphatic carbocycles. The van der Waals surface area contributed by atoms with Crippen molar-refractivity contribution in [3.63, 3.8) is 0 Å². The van der Waals surface area contributed by atoms with E-state index in [-0.39, 0.29) is 42.7 Å². The lowest BCUT2D eigenvalue weighted by molar-refractivity contribution is -0.127. The van der Waals surface area contributed by atoms with Gasteiger partial charge in [-0.3, -0.25) is 14.4 Å². The van der Waals surface area contributed by atoms with Crippen LogP contribution >= 0.6 is 0 Å². The normalized spacial score (nSPS) is 21.9. The monoisotopic (exact) mass is 565 g/mol. The number of benzene rings is 2. The molecule has 0 radical (unpaired) electrons. The van der Waals surface area contributed by atoms with E-state index in [2.05, 4.69) is 20.4 Å². The van der Waals surface area contributed by atoms with E-state index in [0.717, 1.165) is 5.56 Å². The van der Waals surface area contributed by atoms with Crippen LogP contribution in [0.3, 0.4) is 0 Å². The number of hydrogen-bond acceptors (Lipinski definition) is 6. The molecule has 2 aromatic carbocycles. The number of hydrogen-bond donors (Lipinski definition) is 4. The number of aromatic nitrogens is 1. The molecule has 3 aromatic rings. The van der Waals surface area contributed by atoms with Crippen LogP contribution in [0.25, 0.3) is 10.9 Å². The molecule has 0 spiro atoms. The van der Waals surface area contributed by atoms with Crippen molar-refractivity contribution in [2.45, 2.75) is 50.0 Å². The average Bonchev–Trinajstić information content (AvgIpc) is 3.71. The number of alkyl halides is 2. The first-order valence-corrected chi connectivity index (χ1v) is 13.3. The molecule has 5 atom stereocenters. The molecule has 0 saturated carbocycles. The molecule has 2 fully saturated rings.